The van der Waals surface area contributed by atoms with Crippen molar-refractivity contribution >= 4 is 34.6 Å². The molecule has 0 aliphatic carbocycles. The van der Waals surface area contributed by atoms with E-state index >= 15 is 0 Å². The first-order valence-electron chi connectivity index (χ1n) is 13.3. The molecule has 0 amide bonds. The molecular formula is C33H28N6. The lowest BCUT2D eigenvalue weighted by atomic mass is 9.93. The van der Waals surface area contributed by atoms with Gasteiger partial charge in [0.05, 0.1) is 28.8 Å². The third-order valence-electron chi connectivity index (χ3n) is 7.38. The quantitative estimate of drug-likeness (QED) is 0.273. The fourth-order valence-electron chi connectivity index (χ4n) is 5.46. The molecule has 0 saturated heterocycles. The number of anilines is 2. The molecule has 1 N–H and O–H groups in total. The van der Waals surface area contributed by atoms with Crippen molar-refractivity contribution in [3.05, 3.63) is 132 Å². The zero-order valence-corrected chi connectivity index (χ0v) is 21.9. The summed E-state index contributed by atoms with van der Waals surface area (Å²) in [7, 11) is 0. The molecule has 0 saturated carbocycles. The molecule has 1 atom stereocenters. The Morgan fingerprint density at radius 1 is 0.769 bits per heavy atom. The molecule has 6 nitrogen and oxygen atoms in total. The SMILES string of the molecule is CCc1ccc(NC2=Nc3ccccc3N3C2=Nc2c(c(C)nn2-c2ccccc2)[C@H]3c2ccccc2)cc1. The van der Waals surface area contributed by atoms with Crippen LogP contribution in [0, 0.1) is 6.92 Å². The summed E-state index contributed by atoms with van der Waals surface area (Å²) in [6, 6.07) is 37.5. The van der Waals surface area contributed by atoms with Crippen LogP contribution in [0.15, 0.2) is 119 Å². The van der Waals surface area contributed by atoms with Crippen LogP contribution in [0.1, 0.15) is 35.3 Å². The summed E-state index contributed by atoms with van der Waals surface area (Å²) in [6.07, 6.45) is 0.999. The summed E-state index contributed by atoms with van der Waals surface area (Å²) in [5.41, 5.74) is 8.39. The Bertz CT molecular complexity index is 1720. The zero-order valence-electron chi connectivity index (χ0n) is 21.9. The van der Waals surface area contributed by atoms with E-state index in [9.17, 15) is 0 Å². The maximum absolute atomic E-state index is 5.30. The first-order chi connectivity index (χ1) is 19.2. The third-order valence-corrected chi connectivity index (χ3v) is 7.38. The van der Waals surface area contributed by atoms with Gasteiger partial charge < -0.3 is 10.2 Å². The molecule has 0 radical (unpaired) electrons. The number of fused-ring (bicyclic) bond motifs is 4. The van der Waals surface area contributed by atoms with Gasteiger partial charge in [0.2, 0.25) is 0 Å². The van der Waals surface area contributed by atoms with E-state index in [1.807, 2.05) is 28.9 Å². The number of aliphatic imine (C=N–C) groups is 2. The van der Waals surface area contributed by atoms with Crippen LogP contribution in [-0.4, -0.2) is 21.5 Å². The van der Waals surface area contributed by atoms with Crippen LogP contribution in [0.3, 0.4) is 0 Å². The van der Waals surface area contributed by atoms with Crippen molar-refractivity contribution in [2.75, 3.05) is 10.2 Å². The van der Waals surface area contributed by atoms with Crippen molar-refractivity contribution in [1.82, 2.24) is 9.78 Å². The third kappa shape index (κ3) is 3.92. The summed E-state index contributed by atoms with van der Waals surface area (Å²) >= 11 is 0. The summed E-state index contributed by atoms with van der Waals surface area (Å²) in [5.74, 6) is 2.31. The molecular weight excluding hydrogens is 480 g/mol. The highest BCUT2D eigenvalue weighted by molar-refractivity contribution is 6.51. The largest absolute Gasteiger partial charge is 0.337 e. The van der Waals surface area contributed by atoms with Gasteiger partial charge in [-0.05, 0) is 60.9 Å². The lowest BCUT2D eigenvalue weighted by Gasteiger charge is -2.40. The van der Waals surface area contributed by atoms with Crippen LogP contribution in [0.2, 0.25) is 0 Å². The Morgan fingerprint density at radius 3 is 2.21 bits per heavy atom. The molecule has 6 heteroatoms. The van der Waals surface area contributed by atoms with Crippen molar-refractivity contribution in [2.24, 2.45) is 9.98 Å². The van der Waals surface area contributed by atoms with E-state index in [2.05, 4.69) is 109 Å². The number of nitrogens with zero attached hydrogens (tertiary/aromatic N) is 5. The molecule has 2 aliphatic rings. The molecule has 0 spiro atoms. The Balaban J connectivity index is 1.47. The predicted octanol–water partition coefficient (Wildman–Crippen LogP) is 7.54. The van der Waals surface area contributed by atoms with Crippen molar-refractivity contribution in [2.45, 2.75) is 26.3 Å². The van der Waals surface area contributed by atoms with Crippen molar-refractivity contribution < 1.29 is 0 Å². The molecule has 0 fully saturated rings. The van der Waals surface area contributed by atoms with Gasteiger partial charge >= 0.3 is 0 Å². The van der Waals surface area contributed by atoms with Gasteiger partial charge in [-0.3, -0.25) is 0 Å². The van der Waals surface area contributed by atoms with Crippen LogP contribution in [0.25, 0.3) is 5.69 Å². The molecule has 0 unspecified atom stereocenters. The molecule has 5 aromatic rings. The van der Waals surface area contributed by atoms with E-state index in [0.29, 0.717) is 5.84 Å². The van der Waals surface area contributed by atoms with Crippen molar-refractivity contribution in [3.63, 3.8) is 0 Å². The summed E-state index contributed by atoms with van der Waals surface area (Å²) in [5, 5.41) is 8.59. The highest BCUT2D eigenvalue weighted by Crippen LogP contribution is 2.48. The summed E-state index contributed by atoms with van der Waals surface area (Å²) in [4.78, 5) is 12.7. The second kappa shape index (κ2) is 9.40. The van der Waals surface area contributed by atoms with Crippen LogP contribution < -0.4 is 10.2 Å². The maximum atomic E-state index is 5.30. The van der Waals surface area contributed by atoms with Crippen LogP contribution in [0.5, 0.6) is 0 Å². The van der Waals surface area contributed by atoms with Gasteiger partial charge in [0.25, 0.3) is 0 Å². The van der Waals surface area contributed by atoms with Gasteiger partial charge in [0.15, 0.2) is 17.5 Å². The monoisotopic (exact) mass is 508 g/mol. The van der Waals surface area contributed by atoms with E-state index in [1.165, 1.54) is 11.1 Å². The average molecular weight is 509 g/mol. The number of hydrogen-bond donors (Lipinski definition) is 1. The highest BCUT2D eigenvalue weighted by Gasteiger charge is 2.41. The number of aryl methyl sites for hydroxylation is 2. The normalized spacial score (nSPS) is 15.5. The molecule has 3 heterocycles. The molecule has 4 aromatic carbocycles. The summed E-state index contributed by atoms with van der Waals surface area (Å²) in [6.45, 7) is 4.24. The molecule has 190 valence electrons. The van der Waals surface area contributed by atoms with Gasteiger partial charge in [-0.15, -0.1) is 0 Å². The fourth-order valence-corrected chi connectivity index (χ4v) is 5.46. The number of benzene rings is 4. The van der Waals surface area contributed by atoms with Crippen molar-refractivity contribution in [1.29, 1.82) is 0 Å². The van der Waals surface area contributed by atoms with Crippen LogP contribution in [-0.2, 0) is 6.42 Å². The van der Waals surface area contributed by atoms with Gasteiger partial charge in [0, 0.05) is 11.3 Å². The molecule has 7 rings (SSSR count). The first-order valence-corrected chi connectivity index (χ1v) is 13.3. The first kappa shape index (κ1) is 23.2. The second-order valence-electron chi connectivity index (χ2n) is 9.81. The van der Waals surface area contributed by atoms with Crippen LogP contribution in [0.4, 0.5) is 22.9 Å². The minimum absolute atomic E-state index is 0.123. The number of nitrogens with one attached hydrogen (secondary N) is 1. The van der Waals surface area contributed by atoms with E-state index in [-0.39, 0.29) is 6.04 Å². The van der Waals surface area contributed by atoms with Crippen molar-refractivity contribution in [3.8, 4) is 5.69 Å². The van der Waals surface area contributed by atoms with E-state index < -0.39 is 0 Å². The smallest absolute Gasteiger partial charge is 0.179 e. The molecule has 1 aromatic heterocycles. The topological polar surface area (TPSA) is 57.8 Å². The maximum Gasteiger partial charge on any atom is 0.179 e. The van der Waals surface area contributed by atoms with E-state index in [0.717, 1.165) is 52.1 Å². The molecule has 2 aliphatic heterocycles. The highest BCUT2D eigenvalue weighted by atomic mass is 15.4. The standard InChI is InChI=1S/C33H28N6/c1-3-23-18-20-25(21-19-23)34-31-33-36-32-29(22(2)37-39(32)26-14-8-5-9-15-26)30(24-12-6-4-7-13-24)38(33)28-17-11-10-16-27(28)35-31/h4-21,30H,3H2,1-2H3,(H,34,35)/t30-/m1/s1. The average Bonchev–Trinajstić information content (AvgIpc) is 3.33. The lowest BCUT2D eigenvalue weighted by molar-refractivity contribution is 0.815. The van der Waals surface area contributed by atoms with E-state index in [4.69, 9.17) is 15.1 Å². The number of aromatic nitrogens is 2. The van der Waals surface area contributed by atoms with Gasteiger partial charge in [0.1, 0.15) is 0 Å². The molecule has 0 bridgehead atoms. The number of rotatable bonds is 4. The molecule has 39 heavy (non-hydrogen) atoms. The van der Waals surface area contributed by atoms with E-state index in [1.54, 1.807) is 0 Å². The Hall–Kier alpha value is -4.97. The summed E-state index contributed by atoms with van der Waals surface area (Å²) < 4.78 is 1.96. The second-order valence-corrected chi connectivity index (χ2v) is 9.81. The Labute approximate surface area is 228 Å². The fraction of sp³-hybridized carbons (Fsp3) is 0.121. The van der Waals surface area contributed by atoms with Gasteiger partial charge in [-0.2, -0.15) is 5.10 Å². The lowest BCUT2D eigenvalue weighted by Crippen LogP contribution is -2.46. The Morgan fingerprint density at radius 2 is 1.46 bits per heavy atom. The van der Waals surface area contributed by atoms with Crippen LogP contribution >= 0.6 is 0 Å². The number of amidine groups is 2. The van der Waals surface area contributed by atoms with Gasteiger partial charge in [-0.25, -0.2) is 14.7 Å². The predicted molar refractivity (Wildman–Crippen MR) is 159 cm³/mol. The minimum Gasteiger partial charge on any atom is -0.337 e. The number of para-hydroxylation sites is 3. The zero-order chi connectivity index (χ0) is 26.3. The minimum atomic E-state index is -0.123. The number of hydrogen-bond acceptors (Lipinski definition) is 5. The van der Waals surface area contributed by atoms with Gasteiger partial charge in [-0.1, -0.05) is 79.7 Å². The Kier molecular flexibility index (Phi) is 5.59.